The van der Waals surface area contributed by atoms with E-state index >= 15 is 0 Å². The van der Waals surface area contributed by atoms with Crippen molar-refractivity contribution in [2.75, 3.05) is 13.2 Å². The lowest BCUT2D eigenvalue weighted by atomic mass is 9.68. The number of aliphatic hydroxyl groups excluding tert-OH is 6. The van der Waals surface area contributed by atoms with Gasteiger partial charge in [-0.3, -0.25) is 4.79 Å². The number of aliphatic hydroxyl groups is 7. The molecule has 0 bridgehead atoms. The molecule has 484 valence electrons. The fraction of sp³-hybridized carbons (Fsp3) is 0.569. The van der Waals surface area contributed by atoms with Crippen molar-refractivity contribution in [1.29, 1.82) is 0 Å². The van der Waals surface area contributed by atoms with E-state index in [9.17, 15) is 54.9 Å². The van der Waals surface area contributed by atoms with Crippen LogP contribution in [0.3, 0.4) is 0 Å². The molecule has 24 heteroatoms. The number of fused-ring (bicyclic) bond motifs is 1. The van der Waals surface area contributed by atoms with Gasteiger partial charge in [-0.25, -0.2) is 14.4 Å². The van der Waals surface area contributed by atoms with Crippen molar-refractivity contribution in [1.82, 2.24) is 16.0 Å². The fourth-order valence-electron chi connectivity index (χ4n) is 12.9. The van der Waals surface area contributed by atoms with Gasteiger partial charge in [-0.2, -0.15) is 0 Å². The molecule has 10 rings (SSSR count). The highest BCUT2D eigenvalue weighted by Crippen LogP contribution is 2.44. The lowest BCUT2D eigenvalue weighted by Crippen LogP contribution is -2.66. The maximum absolute atomic E-state index is 14.2. The number of alkyl carbamates (subject to hydrolysis) is 3. The molecular formula is C65H83N3O21. The van der Waals surface area contributed by atoms with Crippen molar-refractivity contribution in [2.45, 2.75) is 207 Å². The van der Waals surface area contributed by atoms with E-state index in [1.807, 2.05) is 60.7 Å². The van der Waals surface area contributed by atoms with E-state index in [-0.39, 0.29) is 58.5 Å². The number of hydrogen-bond acceptors (Lipinski definition) is 21. The van der Waals surface area contributed by atoms with Gasteiger partial charge in [0.25, 0.3) is 0 Å². The van der Waals surface area contributed by atoms with Crippen LogP contribution in [0.1, 0.15) is 99.5 Å². The first-order valence-corrected chi connectivity index (χ1v) is 30.8. The van der Waals surface area contributed by atoms with Gasteiger partial charge in [-0.05, 0) is 72.6 Å². The fourth-order valence-corrected chi connectivity index (χ4v) is 12.9. The van der Waals surface area contributed by atoms with Crippen LogP contribution in [0.2, 0.25) is 0 Å². The Morgan fingerprint density at radius 2 is 1.12 bits per heavy atom. The Hall–Kier alpha value is -6.20. The third-order valence-corrected chi connectivity index (χ3v) is 17.7. The Labute approximate surface area is 516 Å². The number of carbonyl (C=O) groups is 4. The molecule has 89 heavy (non-hydrogen) atoms. The molecule has 4 heterocycles. The average Bonchev–Trinajstić information content (AvgIpc) is 3.18. The molecule has 0 spiro atoms. The van der Waals surface area contributed by atoms with Crippen molar-refractivity contribution in [3.8, 4) is 0 Å². The van der Waals surface area contributed by atoms with Crippen molar-refractivity contribution >= 4 is 24.1 Å². The number of rotatable bonds is 24. The number of Topliss-reactive ketones (excluding diaryl/α,β-unsaturated/α-hetero) is 1. The number of hydrogen-bond donors (Lipinski definition) is 10. The van der Waals surface area contributed by atoms with Crippen LogP contribution in [-0.2, 0) is 72.0 Å². The summed E-state index contributed by atoms with van der Waals surface area (Å²) in [7, 11) is 0. The number of ether oxygens (including phenoxy) is 10. The Kier molecular flexibility index (Phi) is 22.7. The highest BCUT2D eigenvalue weighted by molar-refractivity contribution is 5.89. The smallest absolute Gasteiger partial charge is 0.407 e. The number of amides is 3. The number of carbonyl (C=O) groups excluding carboxylic acids is 4. The summed E-state index contributed by atoms with van der Waals surface area (Å²) in [6.07, 6.45) is -20.1. The molecular weight excluding hydrogens is 1160 g/mol. The zero-order valence-corrected chi connectivity index (χ0v) is 49.5. The Bertz CT molecular complexity index is 2880. The standard InChI is InChI=1S/C65H83N3O21/c1-37-28-42(29-50(72)65(79)31-43(32-65)66-62(76)80-34-38-16-6-2-7-17-38)52(73)58(55(37)87-59-44(30-45(71)47(84-59)24-14-15-27-69)67-63(77)81-35-39-18-8-3-9-19-39)89-61-54(75)57(49(33-70)86-61)88-60-51(68-64(78)82-36-40-20-10-4-11-21-40)53(74)56-48(85-60)26-25-46(83-56)41-22-12-5-13-23-41/h2-13,16-23,37,42-49,51-61,69-71,73-75,79H,14-15,24-36H2,1H3,(H,66,76)(H,67,77)(H,68,78)/t37-,42-,43?,44+,45-,46?,47+,48-,49+,51+,52-,53+,54+,55+,56+,57+,58+,59+,60+,61-,65?/m0/s1. The predicted molar refractivity (Wildman–Crippen MR) is 312 cm³/mol. The largest absolute Gasteiger partial charge is 0.445 e. The molecule has 4 saturated heterocycles. The molecule has 4 aromatic rings. The van der Waals surface area contributed by atoms with Crippen LogP contribution in [0.25, 0.3) is 0 Å². The van der Waals surface area contributed by atoms with Crippen LogP contribution in [0.15, 0.2) is 121 Å². The van der Waals surface area contributed by atoms with Gasteiger partial charge in [0.15, 0.2) is 24.7 Å². The minimum Gasteiger partial charge on any atom is -0.445 e. The average molecular weight is 1240 g/mol. The summed E-state index contributed by atoms with van der Waals surface area (Å²) < 4.78 is 62.2. The molecule has 2 saturated carbocycles. The van der Waals surface area contributed by atoms with Gasteiger partial charge in [-0.1, -0.05) is 128 Å². The van der Waals surface area contributed by atoms with E-state index in [0.717, 1.165) is 11.1 Å². The summed E-state index contributed by atoms with van der Waals surface area (Å²) in [6.45, 7) is 0.747. The zero-order valence-electron chi connectivity index (χ0n) is 49.5. The molecule has 0 aromatic heterocycles. The monoisotopic (exact) mass is 1240 g/mol. The minimum atomic E-state index is -1.86. The molecule has 6 fully saturated rings. The van der Waals surface area contributed by atoms with Crippen LogP contribution in [-0.4, -0.2) is 183 Å². The number of ketones is 1. The predicted octanol–water partition coefficient (Wildman–Crippen LogP) is 4.25. The zero-order chi connectivity index (χ0) is 62.6. The number of benzene rings is 4. The van der Waals surface area contributed by atoms with Gasteiger partial charge < -0.3 is 99.1 Å². The molecule has 2 aliphatic carbocycles. The summed E-state index contributed by atoms with van der Waals surface area (Å²) >= 11 is 0. The Morgan fingerprint density at radius 3 is 1.72 bits per heavy atom. The molecule has 0 radical (unpaired) electrons. The molecule has 24 nitrogen and oxygen atoms in total. The normalized spacial score (nSPS) is 35.1. The van der Waals surface area contributed by atoms with Crippen molar-refractivity contribution in [2.24, 2.45) is 11.8 Å². The summed E-state index contributed by atoms with van der Waals surface area (Å²) in [5.41, 5.74) is 1.20. The van der Waals surface area contributed by atoms with Gasteiger partial charge in [0, 0.05) is 38.3 Å². The SMILES string of the molecule is C[C@H]1C[C@@H](CC(=O)C2(O)CC(NC(=O)OCc3ccccc3)C2)[C@H](O)[C@@H](O[C@@H]2O[C@H](CO)[C@@H](O[C@H]3O[C@H]4CCC(c5ccccc5)O[C@H]4[C@H](O)[C@H]3NC(=O)OCc3ccccc3)[C@H]2O)[C@@H]1O[C@H]1O[C@H](CCCCO)[C@@H](O)C[C@H]1NC(=O)OCc1ccccc1. The maximum Gasteiger partial charge on any atom is 0.407 e. The molecule has 1 unspecified atom stereocenters. The summed E-state index contributed by atoms with van der Waals surface area (Å²) in [4.78, 5) is 54.0. The Morgan fingerprint density at radius 1 is 0.573 bits per heavy atom. The maximum atomic E-state index is 14.2. The summed E-state index contributed by atoms with van der Waals surface area (Å²) in [6, 6.07) is 33.4. The van der Waals surface area contributed by atoms with Gasteiger partial charge in [0.2, 0.25) is 0 Å². The van der Waals surface area contributed by atoms with Gasteiger partial charge >= 0.3 is 18.3 Å². The van der Waals surface area contributed by atoms with Crippen LogP contribution >= 0.6 is 0 Å². The van der Waals surface area contributed by atoms with E-state index in [2.05, 4.69) is 16.0 Å². The first-order chi connectivity index (χ1) is 43.1. The van der Waals surface area contributed by atoms with E-state index < -0.39 is 158 Å². The van der Waals surface area contributed by atoms with Crippen molar-refractivity contribution < 1.29 is 102 Å². The van der Waals surface area contributed by atoms with Gasteiger partial charge in [0.05, 0.1) is 49.3 Å². The van der Waals surface area contributed by atoms with Crippen LogP contribution < -0.4 is 16.0 Å². The molecule has 10 N–H and O–H groups in total. The minimum absolute atomic E-state index is 0.0157. The topological polar surface area (TPSA) is 338 Å². The third-order valence-electron chi connectivity index (χ3n) is 17.7. The highest BCUT2D eigenvalue weighted by atomic mass is 16.8. The molecule has 4 aliphatic heterocycles. The van der Waals surface area contributed by atoms with E-state index in [1.165, 1.54) is 0 Å². The van der Waals surface area contributed by atoms with Crippen LogP contribution in [0, 0.1) is 11.8 Å². The van der Waals surface area contributed by atoms with Gasteiger partial charge in [0.1, 0.15) is 68.1 Å². The van der Waals surface area contributed by atoms with E-state index in [0.29, 0.717) is 43.2 Å². The number of unbranched alkanes of at least 4 members (excludes halogenated alkanes) is 1. The summed E-state index contributed by atoms with van der Waals surface area (Å²) in [5, 5.41) is 88.9. The van der Waals surface area contributed by atoms with E-state index in [4.69, 9.17) is 47.4 Å². The van der Waals surface area contributed by atoms with Crippen molar-refractivity contribution in [3.63, 3.8) is 0 Å². The molecule has 4 aromatic carbocycles. The van der Waals surface area contributed by atoms with Crippen LogP contribution in [0.4, 0.5) is 14.4 Å². The molecule has 6 aliphatic rings. The highest BCUT2D eigenvalue weighted by Gasteiger charge is 2.57. The lowest BCUT2D eigenvalue weighted by molar-refractivity contribution is -0.311. The molecule has 3 amide bonds. The Balaban J connectivity index is 0.878. The molecule has 19 atom stereocenters. The number of nitrogens with one attached hydrogen (secondary N) is 3. The van der Waals surface area contributed by atoms with Crippen LogP contribution in [0.5, 0.6) is 0 Å². The summed E-state index contributed by atoms with van der Waals surface area (Å²) in [5.74, 6) is -2.16. The lowest BCUT2D eigenvalue weighted by Gasteiger charge is -2.49. The second-order valence-electron chi connectivity index (χ2n) is 24.2. The van der Waals surface area contributed by atoms with Crippen molar-refractivity contribution in [3.05, 3.63) is 144 Å². The second-order valence-corrected chi connectivity index (χ2v) is 24.2. The third kappa shape index (κ3) is 16.7. The quantitative estimate of drug-likeness (QED) is 0.0346. The van der Waals surface area contributed by atoms with E-state index in [1.54, 1.807) is 67.6 Å². The first kappa shape index (κ1) is 65.7. The van der Waals surface area contributed by atoms with Gasteiger partial charge in [-0.15, -0.1) is 0 Å². The second kappa shape index (κ2) is 30.7. The first-order valence-electron chi connectivity index (χ1n) is 30.8.